The zero-order chi connectivity index (χ0) is 17.3. The Hall–Kier alpha value is -2.46. The van der Waals surface area contributed by atoms with E-state index < -0.39 is 0 Å². The van der Waals surface area contributed by atoms with Crippen molar-refractivity contribution in [1.29, 1.82) is 0 Å². The van der Waals surface area contributed by atoms with Crippen molar-refractivity contribution in [3.8, 4) is 11.3 Å². The Bertz CT molecular complexity index is 750. The van der Waals surface area contributed by atoms with Gasteiger partial charge in [0.05, 0.1) is 6.54 Å². The van der Waals surface area contributed by atoms with Crippen LogP contribution in [0.3, 0.4) is 0 Å². The van der Waals surface area contributed by atoms with Gasteiger partial charge in [0.15, 0.2) is 0 Å². The summed E-state index contributed by atoms with van der Waals surface area (Å²) < 4.78 is 0. The van der Waals surface area contributed by atoms with Crippen LogP contribution in [-0.4, -0.2) is 21.5 Å². The topological polar surface area (TPSA) is 42.7 Å². The zero-order valence-electron chi connectivity index (χ0n) is 14.9. The summed E-state index contributed by atoms with van der Waals surface area (Å²) in [5.41, 5.74) is 4.31. The summed E-state index contributed by atoms with van der Waals surface area (Å²) in [6, 6.07) is 20.6. The van der Waals surface area contributed by atoms with Crippen LogP contribution in [0.5, 0.6) is 0 Å². The van der Waals surface area contributed by atoms with Crippen LogP contribution < -0.4 is 5.32 Å². The van der Waals surface area contributed by atoms with E-state index in [-0.39, 0.29) is 0 Å². The lowest BCUT2D eigenvalue weighted by Crippen LogP contribution is -2.16. The van der Waals surface area contributed by atoms with E-state index in [4.69, 9.17) is 10.2 Å². The third-order valence-electron chi connectivity index (χ3n) is 4.19. The average Bonchev–Trinajstić information content (AvgIpc) is 3.06. The molecule has 3 aromatic rings. The van der Waals surface area contributed by atoms with Gasteiger partial charge < -0.3 is 5.32 Å². The van der Waals surface area contributed by atoms with Crippen molar-refractivity contribution >= 4 is 0 Å². The van der Waals surface area contributed by atoms with Crippen molar-refractivity contribution in [2.75, 3.05) is 6.54 Å². The predicted octanol–water partition coefficient (Wildman–Crippen LogP) is 4.27. The van der Waals surface area contributed by atoms with Gasteiger partial charge in [-0.3, -0.25) is 0 Å². The van der Waals surface area contributed by atoms with E-state index in [0.717, 1.165) is 30.0 Å². The van der Waals surface area contributed by atoms with E-state index in [2.05, 4.69) is 36.5 Å². The monoisotopic (exact) mass is 334 g/mol. The summed E-state index contributed by atoms with van der Waals surface area (Å²) in [6.07, 6.45) is 3.71. The molecule has 0 fully saturated rings. The number of nitrogens with one attached hydrogen (secondary N) is 1. The van der Waals surface area contributed by atoms with E-state index in [1.807, 2.05) is 36.4 Å². The molecule has 4 nitrogen and oxygen atoms in total. The smallest absolute Gasteiger partial charge is 0.117 e. The van der Waals surface area contributed by atoms with Gasteiger partial charge in [0.2, 0.25) is 0 Å². The molecule has 0 radical (unpaired) electrons. The highest BCUT2D eigenvalue weighted by Crippen LogP contribution is 2.20. The van der Waals surface area contributed by atoms with Crippen LogP contribution in [-0.2, 0) is 13.1 Å². The van der Waals surface area contributed by atoms with Crippen molar-refractivity contribution in [2.45, 2.75) is 39.3 Å². The Morgan fingerprint density at radius 1 is 0.880 bits per heavy atom. The lowest BCUT2D eigenvalue weighted by Gasteiger charge is -2.03. The number of hydrogen-bond donors (Lipinski definition) is 1. The molecular weight excluding hydrogens is 308 g/mol. The SMILES string of the molecule is CCCCCNCc1nn(Cc2ccccc2)nc1-c1ccccc1. The second-order valence-electron chi connectivity index (χ2n) is 6.26. The highest BCUT2D eigenvalue weighted by molar-refractivity contribution is 5.60. The first kappa shape index (κ1) is 17.4. The maximum atomic E-state index is 4.76. The molecule has 0 amide bonds. The predicted molar refractivity (Wildman–Crippen MR) is 102 cm³/mol. The molecule has 0 atom stereocenters. The van der Waals surface area contributed by atoms with Crippen molar-refractivity contribution in [1.82, 2.24) is 20.3 Å². The molecule has 4 heteroatoms. The lowest BCUT2D eigenvalue weighted by atomic mass is 10.1. The molecule has 2 aromatic carbocycles. The van der Waals surface area contributed by atoms with Crippen molar-refractivity contribution < 1.29 is 0 Å². The zero-order valence-corrected chi connectivity index (χ0v) is 14.9. The van der Waals surface area contributed by atoms with Gasteiger partial charge in [-0.25, -0.2) is 0 Å². The maximum Gasteiger partial charge on any atom is 0.117 e. The number of rotatable bonds is 9. The second kappa shape index (κ2) is 9.14. The standard InChI is InChI=1S/C21H26N4/c1-2-3-10-15-22-16-20-21(19-13-8-5-9-14-19)24-25(23-20)17-18-11-6-4-7-12-18/h4-9,11-14,22H,2-3,10,15-17H2,1H3. The second-order valence-corrected chi connectivity index (χ2v) is 6.26. The summed E-state index contributed by atoms with van der Waals surface area (Å²) in [4.78, 5) is 1.81. The van der Waals surface area contributed by atoms with Crippen molar-refractivity contribution in [3.63, 3.8) is 0 Å². The van der Waals surface area contributed by atoms with Crippen molar-refractivity contribution in [2.24, 2.45) is 0 Å². The fraction of sp³-hybridized carbons (Fsp3) is 0.333. The summed E-state index contributed by atoms with van der Waals surface area (Å²) in [5, 5.41) is 13.0. The summed E-state index contributed by atoms with van der Waals surface area (Å²) in [6.45, 7) is 4.69. The van der Waals surface area contributed by atoms with Gasteiger partial charge in [0, 0.05) is 12.1 Å². The molecule has 0 saturated heterocycles. The summed E-state index contributed by atoms with van der Waals surface area (Å²) in [7, 11) is 0. The first-order valence-electron chi connectivity index (χ1n) is 9.11. The van der Waals surface area contributed by atoms with Gasteiger partial charge in [-0.2, -0.15) is 15.0 Å². The third kappa shape index (κ3) is 5.00. The molecule has 0 unspecified atom stereocenters. The van der Waals surface area contributed by atoms with Crippen molar-refractivity contribution in [3.05, 3.63) is 71.9 Å². The normalized spacial score (nSPS) is 10.9. The molecule has 25 heavy (non-hydrogen) atoms. The first-order valence-corrected chi connectivity index (χ1v) is 9.11. The number of benzene rings is 2. The van der Waals surface area contributed by atoms with Gasteiger partial charge in [-0.15, -0.1) is 0 Å². The quantitative estimate of drug-likeness (QED) is 0.594. The minimum absolute atomic E-state index is 0.691. The van der Waals surface area contributed by atoms with Gasteiger partial charge in [-0.1, -0.05) is 80.4 Å². The number of nitrogens with zero attached hydrogens (tertiary/aromatic N) is 3. The highest BCUT2D eigenvalue weighted by Gasteiger charge is 2.13. The highest BCUT2D eigenvalue weighted by atomic mass is 15.5. The van der Waals surface area contributed by atoms with Crippen LogP contribution in [0, 0.1) is 0 Å². The molecule has 0 saturated carbocycles. The van der Waals surface area contributed by atoms with Crippen LogP contribution in [0.4, 0.5) is 0 Å². The number of unbranched alkanes of at least 4 members (excludes halogenated alkanes) is 2. The van der Waals surface area contributed by atoms with Crippen LogP contribution in [0.1, 0.15) is 37.4 Å². The van der Waals surface area contributed by atoms with E-state index in [0.29, 0.717) is 6.54 Å². The van der Waals surface area contributed by atoms with Gasteiger partial charge in [0.1, 0.15) is 11.4 Å². The fourth-order valence-corrected chi connectivity index (χ4v) is 2.85. The lowest BCUT2D eigenvalue weighted by molar-refractivity contribution is 0.569. The van der Waals surface area contributed by atoms with Gasteiger partial charge in [0.25, 0.3) is 0 Å². The molecule has 0 spiro atoms. The number of hydrogen-bond acceptors (Lipinski definition) is 3. The first-order chi connectivity index (χ1) is 12.4. The van der Waals surface area contributed by atoms with E-state index in [9.17, 15) is 0 Å². The fourth-order valence-electron chi connectivity index (χ4n) is 2.85. The molecule has 0 aliphatic carbocycles. The minimum atomic E-state index is 0.691. The van der Waals surface area contributed by atoms with Crippen LogP contribution in [0.2, 0.25) is 0 Å². The van der Waals surface area contributed by atoms with Crippen LogP contribution in [0.25, 0.3) is 11.3 Å². The molecule has 3 rings (SSSR count). The third-order valence-corrected chi connectivity index (χ3v) is 4.19. The van der Waals surface area contributed by atoms with E-state index in [1.165, 1.54) is 24.8 Å². The van der Waals surface area contributed by atoms with Crippen LogP contribution >= 0.6 is 0 Å². The molecule has 1 aromatic heterocycles. The maximum absolute atomic E-state index is 4.76. The van der Waals surface area contributed by atoms with E-state index >= 15 is 0 Å². The molecule has 130 valence electrons. The molecular formula is C21H26N4. The Morgan fingerprint density at radius 3 is 2.32 bits per heavy atom. The van der Waals surface area contributed by atoms with E-state index in [1.54, 1.807) is 4.80 Å². The molecule has 0 bridgehead atoms. The van der Waals surface area contributed by atoms with Gasteiger partial charge in [-0.05, 0) is 18.5 Å². The Labute approximate surface area is 149 Å². The molecule has 1 N–H and O–H groups in total. The average molecular weight is 334 g/mol. The summed E-state index contributed by atoms with van der Waals surface area (Å²) >= 11 is 0. The Balaban J connectivity index is 1.76. The van der Waals surface area contributed by atoms with Gasteiger partial charge >= 0.3 is 0 Å². The molecule has 0 aliphatic rings. The molecule has 1 heterocycles. The Morgan fingerprint density at radius 2 is 1.60 bits per heavy atom. The minimum Gasteiger partial charge on any atom is -0.311 e. The molecule has 0 aliphatic heterocycles. The number of aromatic nitrogens is 3. The largest absolute Gasteiger partial charge is 0.311 e. The summed E-state index contributed by atoms with van der Waals surface area (Å²) in [5.74, 6) is 0. The van der Waals surface area contributed by atoms with Crippen LogP contribution in [0.15, 0.2) is 60.7 Å². The Kier molecular flexibility index (Phi) is 6.35.